The maximum absolute atomic E-state index is 13.0. The molecule has 1 saturated heterocycles. The molecule has 1 rings (SSSR count). The molecule has 0 spiro atoms. The Morgan fingerprint density at radius 2 is 0.909 bits per heavy atom. The lowest BCUT2D eigenvalue weighted by Crippen LogP contribution is -2.60. The predicted octanol–water partition coefficient (Wildman–Crippen LogP) is 15.2. The Hall–Kier alpha value is -2.90. The first kappa shape index (κ1) is 72.1. The van der Waals surface area contributed by atoms with E-state index in [1.54, 1.807) is 6.08 Å². The van der Waals surface area contributed by atoms with E-state index in [9.17, 15) is 35.1 Å². The number of carbonyl (C=O) groups is 2. The maximum Gasteiger partial charge on any atom is 0.305 e. The van der Waals surface area contributed by atoms with Crippen molar-refractivity contribution < 1.29 is 49.3 Å². The van der Waals surface area contributed by atoms with Crippen LogP contribution in [0.4, 0.5) is 0 Å². The number of allylic oxidation sites excluding steroid dienone is 11. The molecule has 446 valence electrons. The average molecular weight is 1080 g/mol. The van der Waals surface area contributed by atoms with Crippen LogP contribution in [0, 0.1) is 0 Å². The third-order valence-electron chi connectivity index (χ3n) is 14.5. The highest BCUT2D eigenvalue weighted by Gasteiger charge is 2.44. The van der Waals surface area contributed by atoms with Gasteiger partial charge in [-0.25, -0.2) is 0 Å². The van der Waals surface area contributed by atoms with E-state index in [0.717, 1.165) is 89.9 Å². The van der Waals surface area contributed by atoms with Crippen LogP contribution in [0.3, 0.4) is 0 Å². The van der Waals surface area contributed by atoms with Gasteiger partial charge in [-0.3, -0.25) is 9.59 Å². The molecule has 0 bridgehead atoms. The van der Waals surface area contributed by atoms with Crippen LogP contribution in [0.1, 0.15) is 271 Å². The van der Waals surface area contributed by atoms with Crippen molar-refractivity contribution in [2.75, 3.05) is 19.8 Å². The van der Waals surface area contributed by atoms with E-state index in [4.69, 9.17) is 14.2 Å². The SMILES string of the molecule is CCC/C=C\C/C=C\CCCCCCCC(=O)OCCCCCCCCCCC/C=C\C/C=C\CCCCCCCCCCCCCC(=O)NC(COC1OC(CO)C(O)C(O)C1O)C(O)/C=C/CC/C=C/CCCCC. The lowest BCUT2D eigenvalue weighted by atomic mass is 9.99. The average Bonchev–Trinajstić information content (AvgIpc) is 3.43. The van der Waals surface area contributed by atoms with Crippen molar-refractivity contribution >= 4 is 11.9 Å². The molecule has 1 fully saturated rings. The van der Waals surface area contributed by atoms with Crippen molar-refractivity contribution in [1.29, 1.82) is 0 Å². The zero-order chi connectivity index (χ0) is 55.9. The molecular weight excluding hydrogens is 967 g/mol. The topological polar surface area (TPSA) is 175 Å². The number of nitrogens with one attached hydrogen (secondary N) is 1. The van der Waals surface area contributed by atoms with Crippen LogP contribution in [-0.2, 0) is 23.8 Å². The number of aliphatic hydroxyl groups is 5. The number of rotatable bonds is 54. The van der Waals surface area contributed by atoms with Crippen LogP contribution in [0.5, 0.6) is 0 Å². The van der Waals surface area contributed by atoms with Gasteiger partial charge < -0.3 is 45.1 Å². The number of esters is 1. The van der Waals surface area contributed by atoms with Crippen LogP contribution in [0.15, 0.2) is 72.9 Å². The fraction of sp³-hybridized carbons (Fsp3) is 0.788. The normalized spacial score (nSPS) is 19.1. The second-order valence-electron chi connectivity index (χ2n) is 21.7. The van der Waals surface area contributed by atoms with Crippen molar-refractivity contribution in [2.45, 2.75) is 314 Å². The summed E-state index contributed by atoms with van der Waals surface area (Å²) >= 11 is 0. The summed E-state index contributed by atoms with van der Waals surface area (Å²) in [6, 6.07) is -0.830. The molecule has 0 aliphatic carbocycles. The summed E-state index contributed by atoms with van der Waals surface area (Å²) in [4.78, 5) is 25.0. The van der Waals surface area contributed by atoms with Crippen molar-refractivity contribution in [3.63, 3.8) is 0 Å². The standard InChI is InChI=1S/C66H117NO10/c1-3-5-7-9-11-13-14-30-34-38-42-46-50-54-62(71)75-55-51-47-43-39-35-32-29-27-25-23-21-19-17-15-16-18-20-22-24-26-28-31-33-37-41-45-49-53-61(70)67-58(59(69)52-48-44-40-36-12-10-8-6-4-2)57-76-66-65(74)64(73)63(72)60(56-68)77-66/h7,9,12-16,19,21,36,48,52,58-60,63-66,68-69,72-74H,3-6,8,10-11,17-18,20,22-35,37-47,49-51,53-57H2,1-2H3,(H,67,70)/b9-7-,14-13-,16-15-,21-19-,36-12+,52-48+. The summed E-state index contributed by atoms with van der Waals surface area (Å²) in [6.45, 7) is 4.20. The molecule has 7 unspecified atom stereocenters. The Labute approximate surface area is 471 Å². The number of hydrogen-bond donors (Lipinski definition) is 6. The number of ether oxygens (including phenoxy) is 3. The number of amides is 1. The zero-order valence-corrected chi connectivity index (χ0v) is 49.2. The van der Waals surface area contributed by atoms with Gasteiger partial charge in [-0.2, -0.15) is 0 Å². The van der Waals surface area contributed by atoms with Crippen LogP contribution in [0.25, 0.3) is 0 Å². The van der Waals surface area contributed by atoms with Crippen LogP contribution >= 0.6 is 0 Å². The van der Waals surface area contributed by atoms with E-state index in [1.165, 1.54) is 154 Å². The Balaban J connectivity index is 1.99. The predicted molar refractivity (Wildman–Crippen MR) is 319 cm³/mol. The van der Waals surface area contributed by atoms with E-state index >= 15 is 0 Å². The fourth-order valence-electron chi connectivity index (χ4n) is 9.46. The summed E-state index contributed by atoms with van der Waals surface area (Å²) in [5.74, 6) is -0.214. The van der Waals surface area contributed by atoms with Crippen molar-refractivity contribution in [3.8, 4) is 0 Å². The molecule has 77 heavy (non-hydrogen) atoms. The summed E-state index contributed by atoms with van der Waals surface area (Å²) < 4.78 is 16.7. The molecule has 1 heterocycles. The molecule has 1 aliphatic rings. The Bertz CT molecular complexity index is 1510. The third-order valence-corrected chi connectivity index (χ3v) is 14.5. The molecule has 11 nitrogen and oxygen atoms in total. The molecule has 0 aromatic carbocycles. The fourth-order valence-corrected chi connectivity index (χ4v) is 9.46. The summed E-state index contributed by atoms with van der Waals surface area (Å²) in [6.07, 6.45) is 63.2. The van der Waals surface area contributed by atoms with E-state index < -0.39 is 49.5 Å². The number of hydrogen-bond acceptors (Lipinski definition) is 10. The van der Waals surface area contributed by atoms with Gasteiger partial charge in [-0.1, -0.05) is 228 Å². The van der Waals surface area contributed by atoms with Gasteiger partial charge in [0.05, 0.1) is 32.0 Å². The molecule has 11 heteroatoms. The Kier molecular flexibility index (Phi) is 51.5. The van der Waals surface area contributed by atoms with Crippen molar-refractivity contribution in [1.82, 2.24) is 5.32 Å². The van der Waals surface area contributed by atoms with E-state index in [1.807, 2.05) is 6.08 Å². The van der Waals surface area contributed by atoms with Gasteiger partial charge >= 0.3 is 5.97 Å². The smallest absolute Gasteiger partial charge is 0.305 e. The maximum atomic E-state index is 13.0. The quantitative estimate of drug-likeness (QED) is 0.0195. The van der Waals surface area contributed by atoms with E-state index in [-0.39, 0.29) is 18.5 Å². The molecule has 0 saturated carbocycles. The summed E-state index contributed by atoms with van der Waals surface area (Å²) in [5, 5.41) is 54.2. The van der Waals surface area contributed by atoms with E-state index in [2.05, 4.69) is 79.9 Å². The molecular formula is C66H117NO10. The number of aliphatic hydroxyl groups excluding tert-OH is 5. The first-order valence-electron chi connectivity index (χ1n) is 31.7. The lowest BCUT2D eigenvalue weighted by molar-refractivity contribution is -0.302. The molecule has 1 aliphatic heterocycles. The van der Waals surface area contributed by atoms with Crippen LogP contribution in [-0.4, -0.2) is 100 Å². The summed E-state index contributed by atoms with van der Waals surface area (Å²) in [5.41, 5.74) is 0. The molecule has 0 aromatic heterocycles. The number of unbranched alkanes of at least 4 members (excludes halogenated alkanes) is 30. The second-order valence-corrected chi connectivity index (χ2v) is 21.7. The van der Waals surface area contributed by atoms with Gasteiger partial charge in [0.25, 0.3) is 0 Å². The van der Waals surface area contributed by atoms with Gasteiger partial charge in [-0.15, -0.1) is 0 Å². The van der Waals surface area contributed by atoms with Gasteiger partial charge in [0.1, 0.15) is 24.4 Å². The van der Waals surface area contributed by atoms with Crippen molar-refractivity contribution in [3.05, 3.63) is 72.9 Å². The van der Waals surface area contributed by atoms with Gasteiger partial charge in [0.2, 0.25) is 5.91 Å². The minimum atomic E-state index is -1.58. The second kappa shape index (κ2) is 55.0. The molecule has 1 amide bonds. The lowest BCUT2D eigenvalue weighted by Gasteiger charge is -2.40. The Morgan fingerprint density at radius 3 is 1.42 bits per heavy atom. The van der Waals surface area contributed by atoms with Gasteiger partial charge in [0, 0.05) is 12.8 Å². The zero-order valence-electron chi connectivity index (χ0n) is 49.2. The highest BCUT2D eigenvalue weighted by Crippen LogP contribution is 2.23. The summed E-state index contributed by atoms with van der Waals surface area (Å²) in [7, 11) is 0. The van der Waals surface area contributed by atoms with Crippen LogP contribution < -0.4 is 5.32 Å². The molecule has 0 aromatic rings. The highest BCUT2D eigenvalue weighted by molar-refractivity contribution is 5.76. The molecule has 0 radical (unpaired) electrons. The first-order chi connectivity index (χ1) is 37.7. The minimum absolute atomic E-state index is 0.0156. The highest BCUT2D eigenvalue weighted by atomic mass is 16.7. The van der Waals surface area contributed by atoms with Gasteiger partial charge in [0.15, 0.2) is 6.29 Å². The van der Waals surface area contributed by atoms with Crippen molar-refractivity contribution in [2.24, 2.45) is 0 Å². The largest absolute Gasteiger partial charge is 0.466 e. The minimum Gasteiger partial charge on any atom is -0.466 e. The molecule has 7 atom stereocenters. The third kappa shape index (κ3) is 44.5. The van der Waals surface area contributed by atoms with E-state index in [0.29, 0.717) is 19.4 Å². The number of carbonyl (C=O) groups excluding carboxylic acids is 2. The molecule has 6 N–H and O–H groups in total. The van der Waals surface area contributed by atoms with Crippen LogP contribution in [0.2, 0.25) is 0 Å². The van der Waals surface area contributed by atoms with Gasteiger partial charge in [-0.05, 0) is 103 Å². The first-order valence-corrected chi connectivity index (χ1v) is 31.7. The Morgan fingerprint density at radius 1 is 0.481 bits per heavy atom. The monoisotopic (exact) mass is 1080 g/mol.